The molecule has 0 saturated heterocycles. The van der Waals surface area contributed by atoms with Crippen molar-refractivity contribution >= 4 is 15.7 Å². The second kappa shape index (κ2) is 6.68. The fourth-order valence-electron chi connectivity index (χ4n) is 1.88. The van der Waals surface area contributed by atoms with Gasteiger partial charge in [-0.1, -0.05) is 30.3 Å². The molecule has 0 aliphatic carbocycles. The summed E-state index contributed by atoms with van der Waals surface area (Å²) in [4.78, 5) is 1.93. The molecule has 19 heavy (non-hydrogen) atoms. The number of rotatable bonds is 7. The van der Waals surface area contributed by atoms with Gasteiger partial charge in [-0.3, -0.25) is 10.3 Å². The van der Waals surface area contributed by atoms with Crippen molar-refractivity contribution in [1.29, 1.82) is 5.41 Å². The van der Waals surface area contributed by atoms with E-state index in [0.29, 0.717) is 13.0 Å². The summed E-state index contributed by atoms with van der Waals surface area (Å²) < 4.78 is 22.4. The summed E-state index contributed by atoms with van der Waals surface area (Å²) in [5, 5.41) is 7.46. The maximum atomic E-state index is 11.2. The Labute approximate surface area is 114 Å². The van der Waals surface area contributed by atoms with Gasteiger partial charge >= 0.3 is 0 Å². The average Bonchev–Trinajstić information content (AvgIpc) is 2.33. The number of nitrogens with zero attached hydrogens (tertiary/aromatic N) is 1. The highest BCUT2D eigenvalue weighted by molar-refractivity contribution is 7.90. The molecule has 5 nitrogen and oxygen atoms in total. The summed E-state index contributed by atoms with van der Waals surface area (Å²) in [7, 11) is -1.14. The smallest absolute Gasteiger partial charge is 0.148 e. The van der Waals surface area contributed by atoms with Crippen LogP contribution < -0.4 is 5.73 Å². The lowest BCUT2D eigenvalue weighted by Gasteiger charge is -2.28. The highest BCUT2D eigenvalue weighted by atomic mass is 32.2. The molecule has 0 saturated carbocycles. The Kier molecular flexibility index (Phi) is 5.50. The molecule has 1 atom stereocenters. The molecule has 1 aromatic rings. The molecule has 0 aliphatic rings. The first kappa shape index (κ1) is 15.7. The van der Waals surface area contributed by atoms with Crippen molar-refractivity contribution < 1.29 is 8.42 Å². The minimum absolute atomic E-state index is 0.0690. The summed E-state index contributed by atoms with van der Waals surface area (Å²) in [5.74, 6) is 0.199. The van der Waals surface area contributed by atoms with Crippen molar-refractivity contribution in [3.8, 4) is 0 Å². The summed E-state index contributed by atoms with van der Waals surface area (Å²) in [6, 6.07) is 9.63. The molecule has 0 spiro atoms. The van der Waals surface area contributed by atoms with E-state index in [1.807, 2.05) is 42.3 Å². The maximum absolute atomic E-state index is 11.2. The van der Waals surface area contributed by atoms with Crippen molar-refractivity contribution in [3.05, 3.63) is 35.9 Å². The van der Waals surface area contributed by atoms with Crippen molar-refractivity contribution in [2.45, 2.75) is 12.5 Å². The van der Waals surface area contributed by atoms with E-state index in [0.717, 1.165) is 5.56 Å². The van der Waals surface area contributed by atoms with Crippen LogP contribution >= 0.6 is 0 Å². The van der Waals surface area contributed by atoms with Crippen LogP contribution in [-0.4, -0.2) is 44.8 Å². The van der Waals surface area contributed by atoms with Crippen molar-refractivity contribution in [1.82, 2.24) is 4.90 Å². The standard InChI is InChI=1S/C13H21N3O2S/c1-16(8-9-19(2,17)18)12(10-13(14)15)11-6-4-3-5-7-11/h3-7,12H,8-10H2,1-2H3,(H3,14,15). The summed E-state index contributed by atoms with van der Waals surface area (Å²) >= 11 is 0. The number of hydrogen-bond donors (Lipinski definition) is 2. The maximum Gasteiger partial charge on any atom is 0.148 e. The number of nitrogens with two attached hydrogens (primary N) is 1. The molecular formula is C13H21N3O2S. The fourth-order valence-corrected chi connectivity index (χ4v) is 2.50. The minimum Gasteiger partial charge on any atom is -0.388 e. The van der Waals surface area contributed by atoms with Crippen LogP contribution in [0.4, 0.5) is 0 Å². The molecule has 1 rings (SSSR count). The van der Waals surface area contributed by atoms with Gasteiger partial charge < -0.3 is 5.73 Å². The van der Waals surface area contributed by atoms with Gasteiger partial charge in [-0.25, -0.2) is 8.42 Å². The topological polar surface area (TPSA) is 87.2 Å². The SMILES string of the molecule is CN(CCS(C)(=O)=O)C(CC(=N)N)c1ccccc1. The van der Waals surface area contributed by atoms with Gasteiger partial charge in [-0.2, -0.15) is 0 Å². The minimum atomic E-state index is -2.99. The molecule has 6 heteroatoms. The van der Waals surface area contributed by atoms with Crippen LogP contribution in [0.1, 0.15) is 18.0 Å². The van der Waals surface area contributed by atoms with Crippen LogP contribution in [0.2, 0.25) is 0 Å². The van der Waals surface area contributed by atoms with Crippen LogP contribution in [-0.2, 0) is 9.84 Å². The third-order valence-corrected chi connectivity index (χ3v) is 3.87. The predicted octanol–water partition coefficient (Wildman–Crippen LogP) is 1.03. The quantitative estimate of drug-likeness (QED) is 0.578. The Balaban J connectivity index is 2.82. The van der Waals surface area contributed by atoms with E-state index in [2.05, 4.69) is 0 Å². The van der Waals surface area contributed by atoms with Crippen LogP contribution in [0.25, 0.3) is 0 Å². The third-order valence-electron chi connectivity index (χ3n) is 2.94. The largest absolute Gasteiger partial charge is 0.388 e. The highest BCUT2D eigenvalue weighted by Crippen LogP contribution is 2.22. The van der Waals surface area contributed by atoms with E-state index in [4.69, 9.17) is 11.1 Å². The molecule has 0 aliphatic heterocycles. The number of benzene rings is 1. The average molecular weight is 283 g/mol. The lowest BCUT2D eigenvalue weighted by atomic mass is 10.0. The van der Waals surface area contributed by atoms with Crippen LogP contribution in [0.5, 0.6) is 0 Å². The molecular weight excluding hydrogens is 262 g/mol. The molecule has 106 valence electrons. The lowest BCUT2D eigenvalue weighted by Crippen LogP contribution is -2.32. The molecule has 0 heterocycles. The monoisotopic (exact) mass is 283 g/mol. The lowest BCUT2D eigenvalue weighted by molar-refractivity contribution is 0.264. The van der Waals surface area contributed by atoms with Gasteiger partial charge in [0, 0.05) is 25.3 Å². The van der Waals surface area contributed by atoms with Gasteiger partial charge in [0.2, 0.25) is 0 Å². The molecule has 0 fully saturated rings. The first-order chi connectivity index (χ1) is 8.79. The van der Waals surface area contributed by atoms with E-state index < -0.39 is 9.84 Å². The van der Waals surface area contributed by atoms with Crippen molar-refractivity contribution in [2.75, 3.05) is 25.6 Å². The van der Waals surface area contributed by atoms with E-state index in [1.165, 1.54) is 6.26 Å². The molecule has 0 radical (unpaired) electrons. The second-order valence-electron chi connectivity index (χ2n) is 4.77. The Morgan fingerprint density at radius 3 is 2.42 bits per heavy atom. The van der Waals surface area contributed by atoms with E-state index in [9.17, 15) is 8.42 Å². The van der Waals surface area contributed by atoms with E-state index >= 15 is 0 Å². The second-order valence-corrected chi connectivity index (χ2v) is 7.03. The zero-order valence-corrected chi connectivity index (χ0v) is 12.2. The van der Waals surface area contributed by atoms with Crippen LogP contribution in [0.3, 0.4) is 0 Å². The number of sulfone groups is 1. The summed E-state index contributed by atoms with van der Waals surface area (Å²) in [6.07, 6.45) is 1.62. The van der Waals surface area contributed by atoms with Crippen molar-refractivity contribution in [2.24, 2.45) is 5.73 Å². The molecule has 0 amide bonds. The third kappa shape index (κ3) is 5.85. The Bertz CT molecular complexity index is 514. The zero-order chi connectivity index (χ0) is 14.5. The van der Waals surface area contributed by atoms with Gasteiger partial charge in [-0.05, 0) is 12.6 Å². The Hall–Kier alpha value is -1.40. The first-order valence-corrected chi connectivity index (χ1v) is 8.11. The summed E-state index contributed by atoms with van der Waals surface area (Å²) in [5.41, 5.74) is 6.52. The zero-order valence-electron chi connectivity index (χ0n) is 11.3. The molecule has 0 aromatic heterocycles. The highest BCUT2D eigenvalue weighted by Gasteiger charge is 2.19. The Morgan fingerprint density at radius 2 is 1.95 bits per heavy atom. The number of nitrogens with one attached hydrogen (secondary N) is 1. The molecule has 0 bridgehead atoms. The van der Waals surface area contributed by atoms with Crippen molar-refractivity contribution in [3.63, 3.8) is 0 Å². The first-order valence-electron chi connectivity index (χ1n) is 6.05. The Morgan fingerprint density at radius 1 is 1.37 bits per heavy atom. The molecule has 1 unspecified atom stereocenters. The van der Waals surface area contributed by atoms with Gasteiger partial charge in [0.1, 0.15) is 9.84 Å². The van der Waals surface area contributed by atoms with Gasteiger partial charge in [-0.15, -0.1) is 0 Å². The summed E-state index contributed by atoms with van der Waals surface area (Å²) in [6.45, 7) is 0.422. The molecule has 3 N–H and O–H groups in total. The van der Waals surface area contributed by atoms with Crippen LogP contribution in [0.15, 0.2) is 30.3 Å². The van der Waals surface area contributed by atoms with Gasteiger partial charge in [0.15, 0.2) is 0 Å². The predicted molar refractivity (Wildman–Crippen MR) is 78.1 cm³/mol. The van der Waals surface area contributed by atoms with Gasteiger partial charge in [0.25, 0.3) is 0 Å². The number of hydrogen-bond acceptors (Lipinski definition) is 4. The van der Waals surface area contributed by atoms with E-state index in [1.54, 1.807) is 0 Å². The van der Waals surface area contributed by atoms with Crippen LogP contribution in [0, 0.1) is 5.41 Å². The molecule has 1 aromatic carbocycles. The van der Waals surface area contributed by atoms with Gasteiger partial charge in [0.05, 0.1) is 11.6 Å². The van der Waals surface area contributed by atoms with E-state index in [-0.39, 0.29) is 17.6 Å². The normalized spacial score (nSPS) is 13.4. The fraction of sp³-hybridized carbons (Fsp3) is 0.462. The number of amidine groups is 1.